The highest BCUT2D eigenvalue weighted by Crippen LogP contribution is 2.37. The number of carbonyl (C=O) groups is 1. The van der Waals surface area contributed by atoms with Crippen LogP contribution in [-0.4, -0.2) is 5.91 Å². The summed E-state index contributed by atoms with van der Waals surface area (Å²) in [5.74, 6) is 1.03. The molecule has 2 heterocycles. The predicted molar refractivity (Wildman–Crippen MR) is 135 cm³/mol. The lowest BCUT2D eigenvalue weighted by Gasteiger charge is -2.22. The van der Waals surface area contributed by atoms with Crippen LogP contribution in [0, 0.1) is 6.92 Å². The van der Waals surface area contributed by atoms with E-state index >= 15 is 0 Å². The fourth-order valence-electron chi connectivity index (χ4n) is 3.91. The van der Waals surface area contributed by atoms with Gasteiger partial charge in [-0.15, -0.1) is 0 Å². The predicted octanol–water partition coefficient (Wildman–Crippen LogP) is 8.03. The Balaban J connectivity index is 1.57. The van der Waals surface area contributed by atoms with Crippen molar-refractivity contribution in [2.75, 3.05) is 4.90 Å². The van der Waals surface area contributed by atoms with Gasteiger partial charge in [-0.25, -0.2) is 0 Å². The molecule has 0 atom stereocenters. The first-order chi connectivity index (χ1) is 16.0. The van der Waals surface area contributed by atoms with Crippen molar-refractivity contribution >= 4 is 46.6 Å². The van der Waals surface area contributed by atoms with E-state index in [-0.39, 0.29) is 5.91 Å². The molecule has 33 heavy (non-hydrogen) atoms. The number of furan rings is 1. The fraction of sp³-hybridized carbons (Fsp3) is 0.0357. The molecule has 5 heteroatoms. The van der Waals surface area contributed by atoms with Crippen LogP contribution in [0.5, 0.6) is 0 Å². The molecule has 0 N–H and O–H groups in total. The SMILES string of the molecule is Cc1ccccc1N1C(=O)C(=Cc2ccc(-c3cc(Cl)ccc3Cl)o2)C=C1c1ccccc1. The smallest absolute Gasteiger partial charge is 0.263 e. The molecule has 1 aliphatic heterocycles. The highest BCUT2D eigenvalue weighted by Gasteiger charge is 2.31. The Morgan fingerprint density at radius 2 is 1.64 bits per heavy atom. The van der Waals surface area contributed by atoms with Gasteiger partial charge < -0.3 is 4.42 Å². The molecule has 3 nitrogen and oxygen atoms in total. The number of halogens is 2. The number of anilines is 1. The van der Waals surface area contributed by atoms with Gasteiger partial charge in [0.2, 0.25) is 0 Å². The maximum atomic E-state index is 13.5. The molecule has 0 unspecified atom stereocenters. The molecule has 3 aromatic carbocycles. The van der Waals surface area contributed by atoms with E-state index < -0.39 is 0 Å². The van der Waals surface area contributed by atoms with Crippen molar-refractivity contribution in [1.29, 1.82) is 0 Å². The van der Waals surface area contributed by atoms with Gasteiger partial charge in [-0.1, -0.05) is 71.7 Å². The van der Waals surface area contributed by atoms with Crippen molar-refractivity contribution in [2.24, 2.45) is 0 Å². The molecule has 162 valence electrons. The van der Waals surface area contributed by atoms with Crippen molar-refractivity contribution in [3.05, 3.63) is 124 Å². The molecule has 0 saturated heterocycles. The van der Waals surface area contributed by atoms with E-state index in [9.17, 15) is 4.79 Å². The van der Waals surface area contributed by atoms with Crippen LogP contribution in [0.2, 0.25) is 10.0 Å². The van der Waals surface area contributed by atoms with E-state index in [1.54, 1.807) is 29.2 Å². The minimum atomic E-state index is -0.109. The van der Waals surface area contributed by atoms with E-state index in [1.165, 1.54) is 0 Å². The minimum Gasteiger partial charge on any atom is -0.457 e. The van der Waals surface area contributed by atoms with Gasteiger partial charge in [0.1, 0.15) is 11.5 Å². The second-order valence-electron chi connectivity index (χ2n) is 7.75. The summed E-state index contributed by atoms with van der Waals surface area (Å²) in [5, 5.41) is 1.11. The van der Waals surface area contributed by atoms with Gasteiger partial charge in [0, 0.05) is 16.2 Å². The Bertz CT molecular complexity index is 1420. The zero-order valence-corrected chi connectivity index (χ0v) is 19.3. The van der Waals surface area contributed by atoms with Gasteiger partial charge in [0.05, 0.1) is 16.4 Å². The van der Waals surface area contributed by atoms with Gasteiger partial charge in [-0.3, -0.25) is 9.69 Å². The maximum Gasteiger partial charge on any atom is 0.263 e. The van der Waals surface area contributed by atoms with Crippen LogP contribution in [0.25, 0.3) is 23.1 Å². The topological polar surface area (TPSA) is 33.5 Å². The largest absolute Gasteiger partial charge is 0.457 e. The van der Waals surface area contributed by atoms with E-state index in [4.69, 9.17) is 27.6 Å². The number of rotatable bonds is 4. The summed E-state index contributed by atoms with van der Waals surface area (Å²) in [5.41, 5.74) is 4.90. The van der Waals surface area contributed by atoms with Crippen molar-refractivity contribution < 1.29 is 9.21 Å². The average Bonchev–Trinajstić information content (AvgIpc) is 3.41. The molecule has 1 aromatic heterocycles. The monoisotopic (exact) mass is 471 g/mol. The lowest BCUT2D eigenvalue weighted by Crippen LogP contribution is -2.25. The van der Waals surface area contributed by atoms with E-state index in [2.05, 4.69) is 0 Å². The Morgan fingerprint density at radius 1 is 0.879 bits per heavy atom. The second-order valence-corrected chi connectivity index (χ2v) is 8.59. The van der Waals surface area contributed by atoms with Gasteiger partial charge in [-0.2, -0.15) is 0 Å². The minimum absolute atomic E-state index is 0.109. The Kier molecular flexibility index (Phi) is 5.67. The Hall–Kier alpha value is -3.53. The van der Waals surface area contributed by atoms with Crippen LogP contribution in [-0.2, 0) is 4.79 Å². The molecule has 1 amide bonds. The van der Waals surface area contributed by atoms with Gasteiger partial charge in [0.25, 0.3) is 5.91 Å². The molecule has 0 spiro atoms. The number of aryl methyl sites for hydroxylation is 1. The molecule has 4 aromatic rings. The van der Waals surface area contributed by atoms with E-state index in [0.29, 0.717) is 32.7 Å². The maximum absolute atomic E-state index is 13.5. The lowest BCUT2D eigenvalue weighted by molar-refractivity contribution is -0.113. The highest BCUT2D eigenvalue weighted by molar-refractivity contribution is 6.35. The van der Waals surface area contributed by atoms with Crippen molar-refractivity contribution in [2.45, 2.75) is 6.92 Å². The lowest BCUT2D eigenvalue weighted by atomic mass is 10.1. The summed E-state index contributed by atoms with van der Waals surface area (Å²) in [4.78, 5) is 15.3. The first kappa shape index (κ1) is 21.3. The van der Waals surface area contributed by atoms with Crippen molar-refractivity contribution in [1.82, 2.24) is 0 Å². The van der Waals surface area contributed by atoms with E-state index in [0.717, 1.165) is 22.5 Å². The van der Waals surface area contributed by atoms with Crippen LogP contribution in [0.4, 0.5) is 5.69 Å². The van der Waals surface area contributed by atoms with Crippen LogP contribution in [0.15, 0.2) is 101 Å². The summed E-state index contributed by atoms with van der Waals surface area (Å²) in [6.45, 7) is 2.00. The van der Waals surface area contributed by atoms with E-state index in [1.807, 2.05) is 79.7 Å². The van der Waals surface area contributed by atoms with Gasteiger partial charge in [-0.05, 0) is 66.6 Å². The molecule has 0 bridgehead atoms. The van der Waals surface area contributed by atoms with Crippen LogP contribution in [0.1, 0.15) is 16.9 Å². The molecular formula is C28H19Cl2NO2. The molecule has 1 aliphatic rings. The number of carbonyl (C=O) groups excluding carboxylic acids is 1. The number of hydrogen-bond donors (Lipinski definition) is 0. The Labute approximate surface area is 202 Å². The van der Waals surface area contributed by atoms with Crippen LogP contribution < -0.4 is 4.90 Å². The average molecular weight is 472 g/mol. The number of nitrogens with zero attached hydrogens (tertiary/aromatic N) is 1. The normalized spacial score (nSPS) is 14.8. The standard InChI is InChI=1S/C28H19Cl2NO2/c1-18-7-5-6-10-25(18)31-26(19-8-3-2-4-9-19)16-20(28(31)32)15-22-12-14-27(33-22)23-17-21(29)11-13-24(23)30/h2-17H,1H3. The van der Waals surface area contributed by atoms with Crippen molar-refractivity contribution in [3.63, 3.8) is 0 Å². The van der Waals surface area contributed by atoms with Crippen molar-refractivity contribution in [3.8, 4) is 11.3 Å². The van der Waals surface area contributed by atoms with Crippen LogP contribution in [0.3, 0.4) is 0 Å². The fourth-order valence-corrected chi connectivity index (χ4v) is 4.29. The number of hydrogen-bond acceptors (Lipinski definition) is 2. The zero-order chi connectivity index (χ0) is 22.9. The molecule has 0 aliphatic carbocycles. The molecule has 0 saturated carbocycles. The van der Waals surface area contributed by atoms with Gasteiger partial charge >= 0.3 is 0 Å². The summed E-state index contributed by atoms with van der Waals surface area (Å²) < 4.78 is 6.00. The summed E-state index contributed by atoms with van der Waals surface area (Å²) >= 11 is 12.4. The summed E-state index contributed by atoms with van der Waals surface area (Å²) in [6.07, 6.45) is 3.66. The first-order valence-electron chi connectivity index (χ1n) is 10.5. The molecule has 0 fully saturated rings. The van der Waals surface area contributed by atoms with Gasteiger partial charge in [0.15, 0.2) is 0 Å². The molecular weight excluding hydrogens is 453 g/mol. The second kappa shape index (κ2) is 8.78. The third-order valence-corrected chi connectivity index (χ3v) is 6.09. The third-order valence-electron chi connectivity index (χ3n) is 5.53. The van der Waals surface area contributed by atoms with Crippen LogP contribution >= 0.6 is 23.2 Å². The Morgan fingerprint density at radius 3 is 2.42 bits per heavy atom. The zero-order valence-electron chi connectivity index (χ0n) is 17.8. The summed E-state index contributed by atoms with van der Waals surface area (Å²) in [6, 6.07) is 26.6. The highest BCUT2D eigenvalue weighted by atomic mass is 35.5. The molecule has 0 radical (unpaired) electrons. The number of amides is 1. The third kappa shape index (κ3) is 4.13. The summed E-state index contributed by atoms with van der Waals surface area (Å²) in [7, 11) is 0. The first-order valence-corrected chi connectivity index (χ1v) is 11.2. The number of benzene rings is 3. The quantitative estimate of drug-likeness (QED) is 0.282. The number of para-hydroxylation sites is 1. The molecule has 5 rings (SSSR count).